The van der Waals surface area contributed by atoms with Gasteiger partial charge in [-0.05, 0) is 6.42 Å². The fourth-order valence-corrected chi connectivity index (χ4v) is 1.65. The summed E-state index contributed by atoms with van der Waals surface area (Å²) in [5, 5.41) is 18.3. The van der Waals surface area contributed by atoms with Crippen molar-refractivity contribution in [3.8, 4) is 0 Å². The average Bonchev–Trinajstić information content (AvgIpc) is 2.46. The van der Waals surface area contributed by atoms with E-state index in [4.69, 9.17) is 14.9 Å². The van der Waals surface area contributed by atoms with Gasteiger partial charge in [-0.2, -0.15) is 0 Å². The van der Waals surface area contributed by atoms with Crippen LogP contribution in [-0.2, 0) is 4.74 Å². The van der Waals surface area contributed by atoms with Gasteiger partial charge < -0.3 is 19.8 Å². The minimum Gasteiger partial charge on any atom is -0.396 e. The van der Waals surface area contributed by atoms with Crippen LogP contribution >= 0.6 is 0 Å². The summed E-state index contributed by atoms with van der Waals surface area (Å²) in [6.07, 6.45) is 1.03. The van der Waals surface area contributed by atoms with Crippen LogP contribution in [0.4, 0.5) is 0 Å². The van der Waals surface area contributed by atoms with Gasteiger partial charge in [0.05, 0.1) is 19.8 Å². The maximum absolute atomic E-state index is 9.17. The Balaban J connectivity index is 2.39. The molecular weight excluding hydrogens is 182 g/mol. The summed E-state index contributed by atoms with van der Waals surface area (Å²) in [5.41, 5.74) is -0.385. The van der Waals surface area contributed by atoms with Gasteiger partial charge in [0.25, 0.3) is 0 Å². The molecule has 84 valence electrons. The number of hydrogen-bond donors (Lipinski definition) is 2. The molecule has 0 aromatic rings. The first-order valence-corrected chi connectivity index (χ1v) is 5.22. The Morgan fingerprint density at radius 2 is 1.93 bits per heavy atom. The molecule has 4 heteroatoms. The predicted octanol–water partition coefficient (Wildman–Crippen LogP) is -0.300. The largest absolute Gasteiger partial charge is 0.396 e. The zero-order chi connectivity index (χ0) is 10.4. The van der Waals surface area contributed by atoms with Crippen molar-refractivity contribution in [3.63, 3.8) is 0 Å². The molecule has 0 saturated carbocycles. The third-order valence-electron chi connectivity index (χ3n) is 2.68. The van der Waals surface area contributed by atoms with Crippen molar-refractivity contribution in [2.75, 3.05) is 46.1 Å². The number of rotatable bonds is 4. The fourth-order valence-electron chi connectivity index (χ4n) is 1.65. The molecule has 2 N–H and O–H groups in total. The fraction of sp³-hybridized carbons (Fsp3) is 1.00. The molecule has 4 nitrogen and oxygen atoms in total. The third-order valence-corrected chi connectivity index (χ3v) is 2.68. The minimum absolute atomic E-state index is 0.0286. The second kappa shape index (κ2) is 5.66. The number of aliphatic hydroxyl groups is 2. The molecule has 1 heterocycles. The quantitative estimate of drug-likeness (QED) is 0.658. The second-order valence-electron chi connectivity index (χ2n) is 4.37. The molecule has 1 aliphatic heterocycles. The molecule has 0 unspecified atom stereocenters. The van der Waals surface area contributed by atoms with Crippen LogP contribution in [0.3, 0.4) is 0 Å². The van der Waals surface area contributed by atoms with E-state index in [0.29, 0.717) is 0 Å². The van der Waals surface area contributed by atoms with Gasteiger partial charge in [-0.1, -0.05) is 6.92 Å². The Bertz CT molecular complexity index is 151. The van der Waals surface area contributed by atoms with Gasteiger partial charge in [0.2, 0.25) is 0 Å². The van der Waals surface area contributed by atoms with Crippen molar-refractivity contribution >= 4 is 0 Å². The van der Waals surface area contributed by atoms with Crippen LogP contribution in [0, 0.1) is 5.41 Å². The molecule has 14 heavy (non-hydrogen) atoms. The highest BCUT2D eigenvalue weighted by molar-refractivity contribution is 4.77. The van der Waals surface area contributed by atoms with E-state index >= 15 is 0 Å². The van der Waals surface area contributed by atoms with Gasteiger partial charge in [-0.3, -0.25) is 0 Å². The van der Waals surface area contributed by atoms with Gasteiger partial charge >= 0.3 is 0 Å². The average molecular weight is 203 g/mol. The Hall–Kier alpha value is -0.160. The molecule has 0 atom stereocenters. The first kappa shape index (κ1) is 11.9. The van der Waals surface area contributed by atoms with Gasteiger partial charge in [0.1, 0.15) is 0 Å². The van der Waals surface area contributed by atoms with Crippen molar-refractivity contribution in [3.05, 3.63) is 0 Å². The smallest absolute Gasteiger partial charge is 0.0593 e. The van der Waals surface area contributed by atoms with Gasteiger partial charge in [0, 0.05) is 31.7 Å². The zero-order valence-electron chi connectivity index (χ0n) is 8.91. The number of aliphatic hydroxyl groups excluding tert-OH is 2. The molecule has 1 aliphatic rings. The Kier molecular flexibility index (Phi) is 4.81. The Morgan fingerprint density at radius 1 is 1.21 bits per heavy atom. The van der Waals surface area contributed by atoms with Crippen molar-refractivity contribution in [1.29, 1.82) is 0 Å². The van der Waals surface area contributed by atoms with Crippen molar-refractivity contribution in [2.24, 2.45) is 5.41 Å². The standard InChI is InChI=1S/C10H21NO3/c1-10(8-12,9-13)7-11-3-2-5-14-6-4-11/h12-13H,2-9H2,1H3. The second-order valence-corrected chi connectivity index (χ2v) is 4.37. The van der Waals surface area contributed by atoms with E-state index in [9.17, 15) is 0 Å². The summed E-state index contributed by atoms with van der Waals surface area (Å²) in [6.45, 7) is 6.17. The van der Waals surface area contributed by atoms with Crippen molar-refractivity contribution in [1.82, 2.24) is 4.90 Å². The third kappa shape index (κ3) is 3.53. The zero-order valence-corrected chi connectivity index (χ0v) is 8.91. The van der Waals surface area contributed by atoms with E-state index in [2.05, 4.69) is 4.90 Å². The Labute approximate surface area is 85.5 Å². The first-order valence-electron chi connectivity index (χ1n) is 5.22. The van der Waals surface area contributed by atoms with Crippen LogP contribution in [0.1, 0.15) is 13.3 Å². The minimum atomic E-state index is -0.385. The number of nitrogens with zero attached hydrogens (tertiary/aromatic N) is 1. The SMILES string of the molecule is CC(CO)(CO)CN1CCCOCC1. The van der Waals surface area contributed by atoms with Crippen LogP contribution in [0.25, 0.3) is 0 Å². The lowest BCUT2D eigenvalue weighted by molar-refractivity contribution is 0.0340. The maximum atomic E-state index is 9.17. The van der Waals surface area contributed by atoms with Gasteiger partial charge in [-0.25, -0.2) is 0 Å². The summed E-state index contributed by atoms with van der Waals surface area (Å²) in [7, 11) is 0. The van der Waals surface area contributed by atoms with E-state index in [1.807, 2.05) is 6.92 Å². The molecule has 0 aliphatic carbocycles. The van der Waals surface area contributed by atoms with E-state index in [1.54, 1.807) is 0 Å². The van der Waals surface area contributed by atoms with Crippen molar-refractivity contribution in [2.45, 2.75) is 13.3 Å². The molecule has 1 fully saturated rings. The maximum Gasteiger partial charge on any atom is 0.0593 e. The summed E-state index contributed by atoms with van der Waals surface area (Å²) < 4.78 is 5.34. The summed E-state index contributed by atoms with van der Waals surface area (Å²) >= 11 is 0. The van der Waals surface area contributed by atoms with Gasteiger partial charge in [0.15, 0.2) is 0 Å². The van der Waals surface area contributed by atoms with Crippen LogP contribution in [0.2, 0.25) is 0 Å². The highest BCUT2D eigenvalue weighted by atomic mass is 16.5. The monoisotopic (exact) mass is 203 g/mol. The molecule has 1 saturated heterocycles. The molecule has 0 aromatic heterocycles. The predicted molar refractivity (Wildman–Crippen MR) is 54.2 cm³/mol. The molecule has 0 amide bonds. The van der Waals surface area contributed by atoms with E-state index in [0.717, 1.165) is 39.3 Å². The lowest BCUT2D eigenvalue weighted by Gasteiger charge is -2.31. The molecule has 1 rings (SSSR count). The molecular formula is C10H21NO3. The Morgan fingerprint density at radius 3 is 2.57 bits per heavy atom. The van der Waals surface area contributed by atoms with E-state index in [1.165, 1.54) is 0 Å². The lowest BCUT2D eigenvalue weighted by atomic mass is 9.92. The highest BCUT2D eigenvalue weighted by Crippen LogP contribution is 2.17. The molecule has 0 radical (unpaired) electrons. The van der Waals surface area contributed by atoms with E-state index < -0.39 is 0 Å². The van der Waals surface area contributed by atoms with Crippen LogP contribution < -0.4 is 0 Å². The van der Waals surface area contributed by atoms with Crippen LogP contribution in [0.5, 0.6) is 0 Å². The highest BCUT2D eigenvalue weighted by Gasteiger charge is 2.25. The number of hydrogen-bond acceptors (Lipinski definition) is 4. The topological polar surface area (TPSA) is 52.9 Å². The summed E-state index contributed by atoms with van der Waals surface area (Å²) in [4.78, 5) is 2.25. The summed E-state index contributed by atoms with van der Waals surface area (Å²) in [5.74, 6) is 0. The molecule has 0 aromatic carbocycles. The molecule has 0 spiro atoms. The lowest BCUT2D eigenvalue weighted by Crippen LogP contribution is -2.41. The normalized spacial score (nSPS) is 20.8. The van der Waals surface area contributed by atoms with Crippen LogP contribution in [-0.4, -0.2) is 61.2 Å². The van der Waals surface area contributed by atoms with Crippen LogP contribution in [0.15, 0.2) is 0 Å². The van der Waals surface area contributed by atoms with Gasteiger partial charge in [-0.15, -0.1) is 0 Å². The van der Waals surface area contributed by atoms with E-state index in [-0.39, 0.29) is 18.6 Å². The number of ether oxygens (including phenoxy) is 1. The molecule has 0 bridgehead atoms. The summed E-state index contributed by atoms with van der Waals surface area (Å²) in [6, 6.07) is 0. The first-order chi connectivity index (χ1) is 6.70. The van der Waals surface area contributed by atoms with Crippen molar-refractivity contribution < 1.29 is 14.9 Å².